The molecule has 0 saturated carbocycles. The SMILES string of the molecule is c1ccc(-c2ccc(N(c3ccccc3)c3ccc(-c4cccc5ccccc45)cc3)c(-c3cccc4c3-c3ccccc3C4(c3ccccc3)c3ccccc3)c2)cc1. The molecule has 0 aromatic heterocycles. The Bertz CT molecular complexity index is 3070. The molecule has 0 radical (unpaired) electrons. The molecule has 0 amide bonds. The molecule has 0 saturated heterocycles. The highest BCUT2D eigenvalue weighted by Gasteiger charge is 2.47. The number of nitrogens with zero attached hydrogens (tertiary/aromatic N) is 1. The van der Waals surface area contributed by atoms with E-state index in [1.54, 1.807) is 0 Å². The molecular formula is C59H41N. The third-order valence-corrected chi connectivity index (χ3v) is 12.4. The molecule has 0 unspecified atom stereocenters. The molecule has 1 nitrogen and oxygen atoms in total. The van der Waals surface area contributed by atoms with Gasteiger partial charge in [-0.05, 0) is 108 Å². The van der Waals surface area contributed by atoms with Crippen LogP contribution in [-0.2, 0) is 5.41 Å². The fraction of sp³-hybridized carbons (Fsp3) is 0.0169. The van der Waals surface area contributed by atoms with Gasteiger partial charge < -0.3 is 4.90 Å². The van der Waals surface area contributed by atoms with E-state index < -0.39 is 5.41 Å². The van der Waals surface area contributed by atoms with Crippen LogP contribution < -0.4 is 4.90 Å². The van der Waals surface area contributed by atoms with E-state index in [0.29, 0.717) is 0 Å². The minimum Gasteiger partial charge on any atom is -0.310 e. The standard InChI is InChI=1S/C59H41N/c1-5-19-42(20-6-1)45-37-40-57(60(48-27-11-4-12-28-48)49-38-35-44(36-39-49)51-31-17-22-43-21-13-14-29-50(43)51)54(41-45)52-32-18-34-56-58(52)53-30-15-16-33-55(53)59(56,46-23-7-2-8-24-46)47-25-9-3-10-26-47/h1-41H. The van der Waals surface area contributed by atoms with Crippen molar-refractivity contribution in [2.75, 3.05) is 4.90 Å². The van der Waals surface area contributed by atoms with Gasteiger partial charge in [-0.1, -0.05) is 212 Å². The topological polar surface area (TPSA) is 3.24 Å². The Morgan fingerprint density at radius 2 is 0.817 bits per heavy atom. The molecule has 1 aliphatic rings. The zero-order valence-corrected chi connectivity index (χ0v) is 33.1. The highest BCUT2D eigenvalue weighted by atomic mass is 15.1. The minimum atomic E-state index is -0.502. The zero-order valence-electron chi connectivity index (χ0n) is 33.1. The van der Waals surface area contributed by atoms with E-state index in [9.17, 15) is 0 Å². The Morgan fingerprint density at radius 3 is 1.55 bits per heavy atom. The molecule has 0 spiro atoms. The highest BCUT2D eigenvalue weighted by molar-refractivity contribution is 6.01. The van der Waals surface area contributed by atoms with Crippen LogP contribution in [0.2, 0.25) is 0 Å². The van der Waals surface area contributed by atoms with Crippen molar-refractivity contribution in [2.45, 2.75) is 5.41 Å². The first kappa shape index (κ1) is 35.4. The zero-order chi connectivity index (χ0) is 39.9. The minimum absolute atomic E-state index is 0.502. The lowest BCUT2D eigenvalue weighted by molar-refractivity contribution is 0.768. The van der Waals surface area contributed by atoms with Gasteiger partial charge in [0.25, 0.3) is 0 Å². The molecule has 60 heavy (non-hydrogen) atoms. The van der Waals surface area contributed by atoms with E-state index in [1.807, 2.05) is 0 Å². The lowest BCUT2D eigenvalue weighted by Gasteiger charge is -2.34. The van der Waals surface area contributed by atoms with Crippen LogP contribution in [0, 0.1) is 0 Å². The van der Waals surface area contributed by atoms with Crippen molar-refractivity contribution in [2.24, 2.45) is 0 Å². The third-order valence-electron chi connectivity index (χ3n) is 12.4. The molecule has 282 valence electrons. The Labute approximate surface area is 352 Å². The summed E-state index contributed by atoms with van der Waals surface area (Å²) in [5.74, 6) is 0. The smallest absolute Gasteiger partial charge is 0.0713 e. The fourth-order valence-electron chi connectivity index (χ4n) is 9.75. The summed E-state index contributed by atoms with van der Waals surface area (Å²) in [7, 11) is 0. The van der Waals surface area contributed by atoms with Gasteiger partial charge in [0.2, 0.25) is 0 Å². The molecule has 10 aromatic carbocycles. The summed E-state index contributed by atoms with van der Waals surface area (Å²) in [4.78, 5) is 2.43. The van der Waals surface area contributed by atoms with Crippen molar-refractivity contribution in [3.63, 3.8) is 0 Å². The quantitative estimate of drug-likeness (QED) is 0.149. The van der Waals surface area contributed by atoms with E-state index in [2.05, 4.69) is 254 Å². The predicted octanol–water partition coefficient (Wildman–Crippen LogP) is 15.7. The Morgan fingerprint density at radius 1 is 0.300 bits per heavy atom. The van der Waals surface area contributed by atoms with Crippen molar-refractivity contribution in [1.29, 1.82) is 0 Å². The molecular weight excluding hydrogens is 723 g/mol. The van der Waals surface area contributed by atoms with E-state index in [1.165, 1.54) is 77.5 Å². The summed E-state index contributed by atoms with van der Waals surface area (Å²) in [5.41, 5.74) is 17.6. The lowest BCUT2D eigenvalue weighted by atomic mass is 9.67. The molecule has 0 atom stereocenters. The summed E-state index contributed by atoms with van der Waals surface area (Å²) in [5, 5.41) is 2.50. The first-order chi connectivity index (χ1) is 29.8. The van der Waals surface area contributed by atoms with Crippen LogP contribution in [-0.4, -0.2) is 0 Å². The first-order valence-electron chi connectivity index (χ1n) is 20.8. The average Bonchev–Trinajstić information content (AvgIpc) is 3.64. The number of anilines is 3. The van der Waals surface area contributed by atoms with Gasteiger partial charge in [0.1, 0.15) is 0 Å². The van der Waals surface area contributed by atoms with Crippen LogP contribution in [0.1, 0.15) is 22.3 Å². The first-order valence-corrected chi connectivity index (χ1v) is 20.8. The van der Waals surface area contributed by atoms with Crippen molar-refractivity contribution in [3.05, 3.63) is 271 Å². The molecule has 1 aliphatic carbocycles. The number of benzene rings is 10. The van der Waals surface area contributed by atoms with Gasteiger partial charge in [0.05, 0.1) is 11.1 Å². The Kier molecular flexibility index (Phi) is 8.79. The molecule has 0 N–H and O–H groups in total. The van der Waals surface area contributed by atoms with Gasteiger partial charge in [-0.25, -0.2) is 0 Å². The monoisotopic (exact) mass is 763 g/mol. The molecule has 10 aromatic rings. The predicted molar refractivity (Wildman–Crippen MR) is 252 cm³/mol. The number of fused-ring (bicyclic) bond motifs is 4. The second-order valence-electron chi connectivity index (χ2n) is 15.6. The molecule has 0 bridgehead atoms. The van der Waals surface area contributed by atoms with Gasteiger partial charge in [0.15, 0.2) is 0 Å². The van der Waals surface area contributed by atoms with Crippen LogP contribution in [0.4, 0.5) is 17.1 Å². The van der Waals surface area contributed by atoms with Crippen molar-refractivity contribution < 1.29 is 0 Å². The maximum absolute atomic E-state index is 2.43. The van der Waals surface area contributed by atoms with Crippen LogP contribution >= 0.6 is 0 Å². The van der Waals surface area contributed by atoms with Gasteiger partial charge in [-0.2, -0.15) is 0 Å². The van der Waals surface area contributed by atoms with Crippen molar-refractivity contribution in [3.8, 4) is 44.5 Å². The van der Waals surface area contributed by atoms with Gasteiger partial charge in [-0.3, -0.25) is 0 Å². The van der Waals surface area contributed by atoms with Crippen molar-refractivity contribution in [1.82, 2.24) is 0 Å². The molecule has 1 heteroatoms. The normalized spacial score (nSPS) is 12.5. The second-order valence-corrected chi connectivity index (χ2v) is 15.6. The van der Waals surface area contributed by atoms with E-state index in [-0.39, 0.29) is 0 Å². The van der Waals surface area contributed by atoms with Crippen LogP contribution in [0.15, 0.2) is 249 Å². The van der Waals surface area contributed by atoms with Gasteiger partial charge in [0, 0.05) is 16.9 Å². The molecule has 0 heterocycles. The second kappa shape index (κ2) is 14.9. The molecule has 11 rings (SSSR count). The van der Waals surface area contributed by atoms with Gasteiger partial charge >= 0.3 is 0 Å². The third kappa shape index (κ3) is 5.78. The number of rotatable bonds is 8. The lowest BCUT2D eigenvalue weighted by Crippen LogP contribution is -2.28. The van der Waals surface area contributed by atoms with E-state index >= 15 is 0 Å². The summed E-state index contributed by atoms with van der Waals surface area (Å²) < 4.78 is 0. The number of para-hydroxylation sites is 1. The summed E-state index contributed by atoms with van der Waals surface area (Å²) in [6.45, 7) is 0. The maximum atomic E-state index is 2.43. The average molecular weight is 764 g/mol. The Balaban J connectivity index is 1.17. The highest BCUT2D eigenvalue weighted by Crippen LogP contribution is 2.59. The maximum Gasteiger partial charge on any atom is 0.0713 e. The van der Waals surface area contributed by atoms with Crippen LogP contribution in [0.25, 0.3) is 55.3 Å². The largest absolute Gasteiger partial charge is 0.310 e. The number of hydrogen-bond acceptors (Lipinski definition) is 1. The number of hydrogen-bond donors (Lipinski definition) is 0. The summed E-state index contributed by atoms with van der Waals surface area (Å²) in [6.07, 6.45) is 0. The summed E-state index contributed by atoms with van der Waals surface area (Å²) >= 11 is 0. The van der Waals surface area contributed by atoms with Crippen molar-refractivity contribution >= 4 is 27.8 Å². The Hall–Kier alpha value is -7.74. The van der Waals surface area contributed by atoms with E-state index in [4.69, 9.17) is 0 Å². The fourth-order valence-corrected chi connectivity index (χ4v) is 9.75. The molecule has 0 fully saturated rings. The summed E-state index contributed by atoms with van der Waals surface area (Å²) in [6, 6.07) is 91.0. The van der Waals surface area contributed by atoms with Crippen LogP contribution in [0.5, 0.6) is 0 Å². The molecule has 0 aliphatic heterocycles. The van der Waals surface area contributed by atoms with Crippen LogP contribution in [0.3, 0.4) is 0 Å². The van der Waals surface area contributed by atoms with Gasteiger partial charge in [-0.15, -0.1) is 0 Å². The van der Waals surface area contributed by atoms with E-state index in [0.717, 1.165) is 17.1 Å².